The van der Waals surface area contributed by atoms with Gasteiger partial charge in [0.05, 0.1) is 6.42 Å². The second kappa shape index (κ2) is 3.93. The van der Waals surface area contributed by atoms with E-state index in [9.17, 15) is 9.59 Å². The maximum atomic E-state index is 10.3. The van der Waals surface area contributed by atoms with Crippen molar-refractivity contribution >= 4 is 11.9 Å². The molecule has 0 aromatic rings. The molecule has 1 aliphatic rings. The van der Waals surface area contributed by atoms with Crippen molar-refractivity contribution < 1.29 is 19.8 Å². The van der Waals surface area contributed by atoms with Crippen molar-refractivity contribution in [2.24, 2.45) is 0 Å². The number of carboxylic acid groups (broad SMARTS) is 2. The van der Waals surface area contributed by atoms with Gasteiger partial charge in [-0.1, -0.05) is 0 Å². The predicted molar refractivity (Wildman–Crippen MR) is 44.1 cm³/mol. The third kappa shape index (κ3) is 3.14. The van der Waals surface area contributed by atoms with Crippen molar-refractivity contribution in [3.63, 3.8) is 0 Å². The molecule has 0 aliphatic carbocycles. The number of hydrogen-bond donors (Lipinski definition) is 3. The summed E-state index contributed by atoms with van der Waals surface area (Å²) in [5, 5.41) is 19.7. The average molecular weight is 185 g/mol. The minimum absolute atomic E-state index is 0.0386. The van der Waals surface area contributed by atoms with Gasteiger partial charge >= 0.3 is 11.9 Å². The van der Waals surface area contributed by atoms with Crippen LogP contribution >= 0.6 is 0 Å². The van der Waals surface area contributed by atoms with Crippen LogP contribution in [0.1, 0.15) is 19.3 Å². The van der Waals surface area contributed by atoms with Crippen LogP contribution in [0.3, 0.4) is 0 Å². The van der Waals surface area contributed by atoms with Crippen molar-refractivity contribution in [2.45, 2.75) is 25.3 Å². The van der Waals surface area contributed by atoms with Crippen molar-refractivity contribution in [1.29, 1.82) is 0 Å². The van der Waals surface area contributed by atoms with E-state index in [1.165, 1.54) is 0 Å². The van der Waals surface area contributed by atoms with Crippen molar-refractivity contribution in [3.8, 4) is 0 Å². The number of rotatable bonds is 3. The Labute approximate surface area is 75.1 Å². The van der Waals surface area contributed by atoms with Crippen LogP contribution < -0.4 is 5.32 Å². The normalized spacial score (nSPS) is 24.3. The molecule has 1 rings (SSSR count). The molecule has 13 heavy (non-hydrogen) atoms. The van der Waals surface area contributed by atoms with Gasteiger partial charge in [0.25, 0.3) is 0 Å². The van der Waals surface area contributed by atoms with E-state index in [-0.39, 0.29) is 12.5 Å². The summed E-state index contributed by atoms with van der Waals surface area (Å²) in [5.41, 5.74) is 0.610. The third-order valence-electron chi connectivity index (χ3n) is 1.87. The monoisotopic (exact) mass is 185 g/mol. The van der Waals surface area contributed by atoms with E-state index >= 15 is 0 Å². The largest absolute Gasteiger partial charge is 0.481 e. The molecular weight excluding hydrogens is 174 g/mol. The zero-order valence-electron chi connectivity index (χ0n) is 6.99. The molecule has 0 aromatic heterocycles. The van der Waals surface area contributed by atoms with E-state index in [4.69, 9.17) is 10.2 Å². The predicted octanol–water partition coefficient (Wildman–Crippen LogP) is 0.182. The summed E-state index contributed by atoms with van der Waals surface area (Å²) in [6, 6.07) is -0.122. The molecule has 5 heteroatoms. The lowest BCUT2D eigenvalue weighted by molar-refractivity contribution is -0.137. The quantitative estimate of drug-likeness (QED) is 0.546. The van der Waals surface area contributed by atoms with Crippen LogP contribution in [0.4, 0.5) is 0 Å². The molecule has 1 unspecified atom stereocenters. The van der Waals surface area contributed by atoms with E-state index in [1.807, 2.05) is 0 Å². The summed E-state index contributed by atoms with van der Waals surface area (Å²) in [4.78, 5) is 20.6. The maximum Gasteiger partial charge on any atom is 0.330 e. The fourth-order valence-electron chi connectivity index (χ4n) is 1.36. The van der Waals surface area contributed by atoms with Crippen molar-refractivity contribution in [1.82, 2.24) is 5.32 Å². The molecule has 72 valence electrons. The van der Waals surface area contributed by atoms with E-state index in [0.717, 1.165) is 6.08 Å². The second-order valence-electron chi connectivity index (χ2n) is 2.99. The molecule has 1 atom stereocenters. The molecule has 1 saturated heterocycles. The second-order valence-corrected chi connectivity index (χ2v) is 2.99. The standard InChI is InChI=1S/C8H11NO4/c10-7(11)3-5-1-2-6(9-5)4-8(12)13/h3,6,9H,1-2,4H2,(H,10,11)(H,12,13). The highest BCUT2D eigenvalue weighted by Crippen LogP contribution is 2.17. The lowest BCUT2D eigenvalue weighted by Crippen LogP contribution is -2.23. The van der Waals surface area contributed by atoms with Gasteiger partial charge in [-0.15, -0.1) is 0 Å². The average Bonchev–Trinajstić information content (AvgIpc) is 2.33. The highest BCUT2D eigenvalue weighted by atomic mass is 16.4. The van der Waals surface area contributed by atoms with Gasteiger partial charge in [0, 0.05) is 17.8 Å². The highest BCUT2D eigenvalue weighted by molar-refractivity contribution is 5.80. The number of allylic oxidation sites excluding steroid dienone is 1. The van der Waals surface area contributed by atoms with Gasteiger partial charge in [-0.2, -0.15) is 0 Å². The number of nitrogens with one attached hydrogen (secondary N) is 1. The topological polar surface area (TPSA) is 86.6 Å². The fraction of sp³-hybridized carbons (Fsp3) is 0.500. The van der Waals surface area contributed by atoms with Gasteiger partial charge in [0.1, 0.15) is 0 Å². The van der Waals surface area contributed by atoms with Crippen LogP contribution in [-0.2, 0) is 9.59 Å². The number of carboxylic acids is 2. The molecule has 0 amide bonds. The molecule has 0 bridgehead atoms. The molecule has 0 spiro atoms. The van der Waals surface area contributed by atoms with Crippen LogP contribution in [0.5, 0.6) is 0 Å². The van der Waals surface area contributed by atoms with E-state index in [1.54, 1.807) is 0 Å². The Balaban J connectivity index is 2.44. The van der Waals surface area contributed by atoms with Crippen LogP contribution in [0.15, 0.2) is 11.8 Å². The minimum atomic E-state index is -1.00. The molecule has 1 fully saturated rings. The molecular formula is C8H11NO4. The van der Waals surface area contributed by atoms with Crippen LogP contribution in [0.2, 0.25) is 0 Å². The summed E-state index contributed by atoms with van der Waals surface area (Å²) < 4.78 is 0. The van der Waals surface area contributed by atoms with Gasteiger partial charge in [-0.3, -0.25) is 4.79 Å². The van der Waals surface area contributed by atoms with Gasteiger partial charge < -0.3 is 15.5 Å². The molecule has 5 nitrogen and oxygen atoms in total. The van der Waals surface area contributed by atoms with Crippen LogP contribution in [0.25, 0.3) is 0 Å². The van der Waals surface area contributed by atoms with E-state index < -0.39 is 11.9 Å². The molecule has 3 N–H and O–H groups in total. The summed E-state index contributed by atoms with van der Waals surface area (Å²) in [5.74, 6) is -1.87. The number of aliphatic carboxylic acids is 2. The smallest absolute Gasteiger partial charge is 0.330 e. The SMILES string of the molecule is O=C(O)C=C1CCC(CC(=O)O)N1. The fourth-order valence-corrected chi connectivity index (χ4v) is 1.36. The zero-order valence-corrected chi connectivity index (χ0v) is 6.99. The van der Waals surface area contributed by atoms with E-state index in [2.05, 4.69) is 5.32 Å². The lowest BCUT2D eigenvalue weighted by Gasteiger charge is -2.06. The summed E-state index contributed by atoms with van der Waals surface area (Å²) in [6.07, 6.45) is 2.43. The Morgan fingerprint density at radius 2 is 2.23 bits per heavy atom. The van der Waals surface area contributed by atoms with Crippen molar-refractivity contribution in [2.75, 3.05) is 0 Å². The Kier molecular flexibility index (Phi) is 2.89. The first-order valence-corrected chi connectivity index (χ1v) is 4.00. The molecule has 0 aromatic carbocycles. The first-order chi connectivity index (χ1) is 6.08. The highest BCUT2D eigenvalue weighted by Gasteiger charge is 2.20. The van der Waals surface area contributed by atoms with Gasteiger partial charge in [-0.05, 0) is 12.8 Å². The summed E-state index contributed by atoms with van der Waals surface area (Å²) in [7, 11) is 0. The van der Waals surface area contributed by atoms with Crippen LogP contribution in [-0.4, -0.2) is 28.2 Å². The first-order valence-electron chi connectivity index (χ1n) is 4.00. The van der Waals surface area contributed by atoms with Gasteiger partial charge in [0.2, 0.25) is 0 Å². The Morgan fingerprint density at radius 1 is 1.54 bits per heavy atom. The molecule has 0 saturated carbocycles. The van der Waals surface area contributed by atoms with Gasteiger partial charge in [0.15, 0.2) is 0 Å². The first kappa shape index (κ1) is 9.57. The van der Waals surface area contributed by atoms with E-state index in [0.29, 0.717) is 18.5 Å². The zero-order chi connectivity index (χ0) is 9.84. The Morgan fingerprint density at radius 3 is 2.77 bits per heavy atom. The summed E-state index contributed by atoms with van der Waals surface area (Å²) in [6.45, 7) is 0. The molecule has 1 heterocycles. The molecule has 0 radical (unpaired) electrons. The van der Waals surface area contributed by atoms with Gasteiger partial charge in [-0.25, -0.2) is 4.79 Å². The Hall–Kier alpha value is -1.52. The van der Waals surface area contributed by atoms with Crippen molar-refractivity contribution in [3.05, 3.63) is 11.8 Å². The minimum Gasteiger partial charge on any atom is -0.481 e. The lowest BCUT2D eigenvalue weighted by atomic mass is 10.1. The molecule has 1 aliphatic heterocycles. The maximum absolute atomic E-state index is 10.3. The Bertz CT molecular complexity index is 259. The number of carbonyl (C=O) groups is 2. The number of hydrogen-bond acceptors (Lipinski definition) is 3. The van der Waals surface area contributed by atoms with Crippen LogP contribution in [0, 0.1) is 0 Å². The third-order valence-corrected chi connectivity index (χ3v) is 1.87. The summed E-state index contributed by atoms with van der Waals surface area (Å²) >= 11 is 0.